The number of benzene rings is 8. The maximum atomic E-state index is 10.1. The van der Waals surface area contributed by atoms with Crippen LogP contribution in [0.15, 0.2) is 200 Å². The van der Waals surface area contributed by atoms with Crippen LogP contribution in [0.1, 0.15) is 74.6 Å². The number of anilines is 4. The van der Waals surface area contributed by atoms with E-state index in [4.69, 9.17) is 20.1 Å². The van der Waals surface area contributed by atoms with E-state index >= 15 is 0 Å². The molecule has 0 unspecified atom stereocenters. The van der Waals surface area contributed by atoms with Crippen molar-refractivity contribution in [1.29, 1.82) is 0 Å². The maximum Gasteiger partial charge on any atom is 0.135 e. The SMILES string of the molecule is [2H]c1c([2H])c([2H])c(-c2c([2H])c(-c3c([2H])c([2H])c([2H])c([2H])c3[2H])c(N3[CH-]N(c4[c-]c(C(C)(C)c5[c-]c6c(cc5)c5ccccc5n6-c5cc(C(C)(C)C)ccn5)ccc4)c4ccccc43)c(-c3c([2H])c([2H])c([2H])c([2H])c3[2H])c2[2H])c([2H])c1[2H].[Pt]. The second-order valence-corrected chi connectivity index (χ2v) is 17.3. The molecular weight excluding hydrogens is 984 g/mol. The van der Waals surface area contributed by atoms with E-state index < -0.39 is 142 Å². The molecule has 4 nitrogen and oxygen atoms in total. The molecule has 0 spiro atoms. The Hall–Kier alpha value is -7.00. The first-order chi connectivity index (χ1) is 38.7. The molecule has 0 saturated heterocycles. The van der Waals surface area contributed by atoms with Crippen LogP contribution in [0.2, 0.25) is 0 Å². The predicted molar refractivity (Wildman–Crippen MR) is 271 cm³/mol. The van der Waals surface area contributed by atoms with Gasteiger partial charge in [-0.1, -0.05) is 161 Å². The number of rotatable bonds is 8. The molecular formula is C61H49N4Pt-3. The van der Waals surface area contributed by atoms with E-state index in [0.717, 1.165) is 44.3 Å². The first kappa shape index (κ1) is 27.5. The van der Waals surface area contributed by atoms with Gasteiger partial charge in [0.05, 0.1) is 23.3 Å². The Morgan fingerprint density at radius 2 is 1.15 bits per heavy atom. The molecule has 0 amide bonds. The Kier molecular flexibility index (Phi) is 7.11. The van der Waals surface area contributed by atoms with Gasteiger partial charge < -0.3 is 14.4 Å². The zero-order valence-electron chi connectivity index (χ0n) is 53.4. The second kappa shape index (κ2) is 17.1. The summed E-state index contributed by atoms with van der Waals surface area (Å²) in [4.78, 5) is 8.04. The van der Waals surface area contributed by atoms with Crippen molar-refractivity contribution < 1.29 is 44.4 Å². The molecule has 66 heavy (non-hydrogen) atoms. The van der Waals surface area contributed by atoms with Crippen LogP contribution < -0.4 is 9.80 Å². The Labute approximate surface area is 427 Å². The average molecular weight is 1050 g/mol. The summed E-state index contributed by atoms with van der Waals surface area (Å²) in [5.41, 5.74) is 0.729. The summed E-state index contributed by atoms with van der Waals surface area (Å²) in [6.07, 6.45) is 1.82. The minimum absolute atomic E-state index is 0. The molecule has 326 valence electrons. The molecule has 1 aliphatic heterocycles. The summed E-state index contributed by atoms with van der Waals surface area (Å²) in [6, 6.07) is 22.3. The van der Waals surface area contributed by atoms with Crippen LogP contribution in [0.4, 0.5) is 22.7 Å². The van der Waals surface area contributed by atoms with Crippen LogP contribution in [0.25, 0.3) is 61.0 Å². The quantitative estimate of drug-likeness (QED) is 0.142. The predicted octanol–water partition coefficient (Wildman–Crippen LogP) is 15.8. The maximum absolute atomic E-state index is 10.1. The molecule has 1 aliphatic rings. The van der Waals surface area contributed by atoms with Crippen molar-refractivity contribution in [3.8, 4) is 39.2 Å². The van der Waals surface area contributed by atoms with Crippen LogP contribution in [0, 0.1) is 18.8 Å². The number of hydrogen-bond acceptors (Lipinski definition) is 3. The minimum Gasteiger partial charge on any atom is -0.493 e. The standard InChI is InChI=1S/C61H49N4.Pt/c1-60(2,3)46-34-35-62-58(40-46)65-54-29-16-15-28-50(54)51-33-32-48(39-57(51)65)61(4,5)47-26-19-27-49(38-47)63-41-64(56-31-18-17-30-55(56)63)59-52(43-22-11-7-12-23-43)36-45(42-20-9-6-10-21-42)37-53(59)44-24-13-8-14-25-44;/h6-37,40-41H,1-5H3;/q-3;/i6D,7D,8D,9D,10D,11D,12D,13D,14D,20D,21D,22D,23D,24D,25D,36D,37D;. The summed E-state index contributed by atoms with van der Waals surface area (Å²) in [6.45, 7) is 12.1. The largest absolute Gasteiger partial charge is 0.493 e. The fourth-order valence-corrected chi connectivity index (χ4v) is 8.47. The summed E-state index contributed by atoms with van der Waals surface area (Å²) in [7, 11) is 0. The summed E-state index contributed by atoms with van der Waals surface area (Å²) < 4.78 is 156. The Morgan fingerprint density at radius 3 is 1.80 bits per heavy atom. The van der Waals surface area contributed by atoms with Gasteiger partial charge in [0.15, 0.2) is 0 Å². The Bertz CT molecular complexity index is 4220. The molecule has 5 heteroatoms. The molecule has 8 aromatic carbocycles. The van der Waals surface area contributed by atoms with E-state index in [-0.39, 0.29) is 32.2 Å². The fraction of sp³-hybridized carbons (Fsp3) is 0.115. The van der Waals surface area contributed by atoms with E-state index in [0.29, 0.717) is 17.1 Å². The van der Waals surface area contributed by atoms with E-state index in [9.17, 15) is 8.22 Å². The van der Waals surface area contributed by atoms with E-state index in [1.54, 1.807) is 41.9 Å². The number of pyridine rings is 1. The third-order valence-electron chi connectivity index (χ3n) is 11.9. The summed E-state index contributed by atoms with van der Waals surface area (Å²) >= 11 is 0. The van der Waals surface area contributed by atoms with E-state index in [2.05, 4.69) is 75.6 Å². The first-order valence-electron chi connectivity index (χ1n) is 29.6. The van der Waals surface area contributed by atoms with Gasteiger partial charge in [0.2, 0.25) is 0 Å². The molecule has 2 aromatic heterocycles. The van der Waals surface area contributed by atoms with Gasteiger partial charge in [0.1, 0.15) is 5.82 Å². The molecule has 3 heterocycles. The van der Waals surface area contributed by atoms with Gasteiger partial charge >= 0.3 is 0 Å². The number of hydrogen-bond donors (Lipinski definition) is 0. The molecule has 0 bridgehead atoms. The summed E-state index contributed by atoms with van der Waals surface area (Å²) in [5, 5.41) is 2.02. The molecule has 0 saturated carbocycles. The van der Waals surface area contributed by atoms with Crippen LogP contribution in [-0.2, 0) is 31.9 Å². The Balaban J connectivity index is 0.00000769. The van der Waals surface area contributed by atoms with E-state index in [1.165, 1.54) is 4.90 Å². The summed E-state index contributed by atoms with van der Waals surface area (Å²) in [5.74, 6) is 0.745. The van der Waals surface area contributed by atoms with Gasteiger partial charge in [-0.3, -0.25) is 0 Å². The van der Waals surface area contributed by atoms with Crippen molar-refractivity contribution in [2.75, 3.05) is 9.80 Å². The number of para-hydroxylation sites is 3. The van der Waals surface area contributed by atoms with Gasteiger partial charge in [-0.15, -0.1) is 17.7 Å². The zero-order valence-corrected chi connectivity index (χ0v) is 38.7. The second-order valence-electron chi connectivity index (χ2n) is 17.3. The van der Waals surface area contributed by atoms with Crippen molar-refractivity contribution in [3.63, 3.8) is 0 Å². The molecule has 0 atom stereocenters. The molecule has 0 fully saturated rings. The first-order valence-corrected chi connectivity index (χ1v) is 21.1. The number of aromatic nitrogens is 2. The Morgan fingerprint density at radius 1 is 0.561 bits per heavy atom. The van der Waals surface area contributed by atoms with Gasteiger partial charge in [0.25, 0.3) is 0 Å². The third kappa shape index (κ3) is 7.54. The molecule has 11 rings (SSSR count). The van der Waals surface area contributed by atoms with Crippen LogP contribution in [-0.4, -0.2) is 9.55 Å². The van der Waals surface area contributed by atoms with Crippen molar-refractivity contribution in [3.05, 3.63) is 235 Å². The van der Waals surface area contributed by atoms with Crippen molar-refractivity contribution in [2.24, 2.45) is 0 Å². The molecule has 0 N–H and O–H groups in total. The molecule has 0 radical (unpaired) electrons. The smallest absolute Gasteiger partial charge is 0.135 e. The van der Waals surface area contributed by atoms with Gasteiger partial charge in [0, 0.05) is 61.0 Å². The van der Waals surface area contributed by atoms with Gasteiger partial charge in [-0.2, -0.15) is 53.6 Å². The van der Waals surface area contributed by atoms with Crippen molar-refractivity contribution in [2.45, 2.75) is 45.4 Å². The topological polar surface area (TPSA) is 24.3 Å². The van der Waals surface area contributed by atoms with Crippen molar-refractivity contribution >= 4 is 44.6 Å². The van der Waals surface area contributed by atoms with Gasteiger partial charge in [-0.25, -0.2) is 4.98 Å². The van der Waals surface area contributed by atoms with Crippen molar-refractivity contribution in [1.82, 2.24) is 9.55 Å². The zero-order chi connectivity index (χ0) is 59.1. The average Bonchev–Trinajstić information content (AvgIpc) is 1.94. The van der Waals surface area contributed by atoms with Crippen LogP contribution in [0.5, 0.6) is 0 Å². The molecule has 0 aliphatic carbocycles. The van der Waals surface area contributed by atoms with Crippen LogP contribution in [0.3, 0.4) is 0 Å². The third-order valence-corrected chi connectivity index (χ3v) is 11.9. The molecule has 10 aromatic rings. The van der Waals surface area contributed by atoms with Gasteiger partial charge in [-0.05, 0) is 86.5 Å². The fourth-order valence-electron chi connectivity index (χ4n) is 8.47. The normalized spacial score (nSPS) is 16.3. The number of fused-ring (bicyclic) bond motifs is 4. The van der Waals surface area contributed by atoms with E-state index in [1.807, 2.05) is 42.6 Å². The minimum atomic E-state index is -0.856. The number of nitrogens with zero attached hydrogens (tertiary/aromatic N) is 4. The monoisotopic (exact) mass is 1050 g/mol. The van der Waals surface area contributed by atoms with Crippen LogP contribution >= 0.6 is 0 Å².